The Balaban J connectivity index is 1.64. The minimum Gasteiger partial charge on any atom is -0.490 e. The molecule has 4 nitrogen and oxygen atoms in total. The number of piperidine rings is 1. The van der Waals surface area contributed by atoms with Crippen LogP contribution in [0, 0.1) is 6.92 Å². The van der Waals surface area contributed by atoms with Crippen LogP contribution < -0.4 is 15.4 Å². The fourth-order valence-electron chi connectivity index (χ4n) is 3.09. The zero-order chi connectivity index (χ0) is 14.7. The first-order valence-electron chi connectivity index (χ1n) is 8.08. The molecule has 4 heteroatoms. The fraction of sp³-hybridized carbons (Fsp3) is 0.647. The van der Waals surface area contributed by atoms with Gasteiger partial charge in [0.15, 0.2) is 0 Å². The molecule has 0 bridgehead atoms. The first kappa shape index (κ1) is 14.7. The maximum atomic E-state index is 6.13. The molecule has 0 radical (unpaired) electrons. The van der Waals surface area contributed by atoms with Crippen LogP contribution in [0.5, 0.6) is 5.75 Å². The number of rotatable bonds is 3. The first-order chi connectivity index (χ1) is 10.2. The number of nitrogens with two attached hydrogens (primary N) is 1. The number of benzene rings is 1. The topological polar surface area (TPSA) is 47.7 Å². The van der Waals surface area contributed by atoms with Crippen LogP contribution in [0.25, 0.3) is 0 Å². The van der Waals surface area contributed by atoms with Crippen molar-refractivity contribution < 1.29 is 9.47 Å². The van der Waals surface area contributed by atoms with Crippen LogP contribution in [0.3, 0.4) is 0 Å². The predicted molar refractivity (Wildman–Crippen MR) is 85.1 cm³/mol. The summed E-state index contributed by atoms with van der Waals surface area (Å²) in [5.41, 5.74) is 8.48. The highest BCUT2D eigenvalue weighted by Crippen LogP contribution is 2.28. The summed E-state index contributed by atoms with van der Waals surface area (Å²) in [6.07, 6.45) is 4.45. The SMILES string of the molecule is Cc1cc(N2CCC(N)CC2)ccc1OC1CCOCC1. The van der Waals surface area contributed by atoms with E-state index in [0.29, 0.717) is 12.1 Å². The van der Waals surface area contributed by atoms with Crippen molar-refractivity contribution in [2.45, 2.75) is 44.8 Å². The Morgan fingerprint density at radius 3 is 2.52 bits per heavy atom. The van der Waals surface area contributed by atoms with Gasteiger partial charge in [-0.05, 0) is 43.5 Å². The molecule has 2 heterocycles. The van der Waals surface area contributed by atoms with Gasteiger partial charge in [-0.3, -0.25) is 0 Å². The zero-order valence-electron chi connectivity index (χ0n) is 12.9. The molecule has 0 atom stereocenters. The van der Waals surface area contributed by atoms with Crippen LogP contribution in [0.15, 0.2) is 18.2 Å². The second-order valence-corrected chi connectivity index (χ2v) is 6.20. The molecule has 21 heavy (non-hydrogen) atoms. The smallest absolute Gasteiger partial charge is 0.122 e. The second kappa shape index (κ2) is 6.67. The Morgan fingerprint density at radius 1 is 1.14 bits per heavy atom. The highest BCUT2D eigenvalue weighted by Gasteiger charge is 2.19. The van der Waals surface area contributed by atoms with E-state index in [0.717, 1.165) is 57.7 Å². The van der Waals surface area contributed by atoms with Gasteiger partial charge in [-0.25, -0.2) is 0 Å². The van der Waals surface area contributed by atoms with Gasteiger partial charge in [-0.15, -0.1) is 0 Å². The minimum atomic E-state index is 0.302. The van der Waals surface area contributed by atoms with E-state index < -0.39 is 0 Å². The van der Waals surface area contributed by atoms with Crippen molar-refractivity contribution in [1.29, 1.82) is 0 Å². The molecule has 0 amide bonds. The molecule has 1 aromatic rings. The van der Waals surface area contributed by atoms with Crippen molar-refractivity contribution in [2.24, 2.45) is 5.73 Å². The molecule has 0 aliphatic carbocycles. The molecule has 2 N–H and O–H groups in total. The van der Waals surface area contributed by atoms with Gasteiger partial charge in [0, 0.05) is 37.7 Å². The maximum absolute atomic E-state index is 6.13. The number of nitrogens with zero attached hydrogens (tertiary/aromatic N) is 1. The monoisotopic (exact) mass is 290 g/mol. The standard InChI is InChI=1S/C17H26N2O2/c1-13-12-15(19-8-4-14(18)5-9-19)2-3-17(13)21-16-6-10-20-11-7-16/h2-3,12,14,16H,4-11,18H2,1H3. The third-order valence-corrected chi connectivity index (χ3v) is 4.53. The summed E-state index contributed by atoms with van der Waals surface area (Å²) in [5.74, 6) is 1.01. The predicted octanol–water partition coefficient (Wildman–Crippen LogP) is 2.48. The van der Waals surface area contributed by atoms with Gasteiger partial charge in [0.25, 0.3) is 0 Å². The van der Waals surface area contributed by atoms with Crippen molar-refractivity contribution in [1.82, 2.24) is 0 Å². The molecular formula is C17H26N2O2. The van der Waals surface area contributed by atoms with Crippen LogP contribution in [0.2, 0.25) is 0 Å². The van der Waals surface area contributed by atoms with Gasteiger partial charge in [0.2, 0.25) is 0 Å². The lowest BCUT2D eigenvalue weighted by Crippen LogP contribution is -2.39. The van der Waals surface area contributed by atoms with E-state index in [9.17, 15) is 0 Å². The van der Waals surface area contributed by atoms with Gasteiger partial charge in [-0.2, -0.15) is 0 Å². The molecule has 2 aliphatic rings. The summed E-state index contributed by atoms with van der Waals surface area (Å²) < 4.78 is 11.5. The third-order valence-electron chi connectivity index (χ3n) is 4.53. The minimum absolute atomic E-state index is 0.302. The Kier molecular flexibility index (Phi) is 4.66. The van der Waals surface area contributed by atoms with Crippen molar-refractivity contribution in [3.63, 3.8) is 0 Å². The van der Waals surface area contributed by atoms with E-state index in [1.807, 2.05) is 0 Å². The highest BCUT2D eigenvalue weighted by molar-refractivity contribution is 5.53. The van der Waals surface area contributed by atoms with E-state index in [2.05, 4.69) is 30.0 Å². The second-order valence-electron chi connectivity index (χ2n) is 6.20. The van der Waals surface area contributed by atoms with Crippen LogP contribution in [-0.4, -0.2) is 38.4 Å². The number of ether oxygens (including phenoxy) is 2. The van der Waals surface area contributed by atoms with Crippen LogP contribution in [0.4, 0.5) is 5.69 Å². The number of aryl methyl sites for hydroxylation is 1. The summed E-state index contributed by atoms with van der Waals surface area (Å²) in [5, 5.41) is 0. The molecule has 0 spiro atoms. The first-order valence-corrected chi connectivity index (χ1v) is 8.08. The Bertz CT molecular complexity index is 464. The van der Waals surface area contributed by atoms with Crippen LogP contribution >= 0.6 is 0 Å². The Labute approximate surface area is 127 Å². The van der Waals surface area contributed by atoms with E-state index in [-0.39, 0.29) is 0 Å². The van der Waals surface area contributed by atoms with Gasteiger partial charge in [0.05, 0.1) is 13.2 Å². The van der Waals surface area contributed by atoms with Gasteiger partial charge in [-0.1, -0.05) is 0 Å². The van der Waals surface area contributed by atoms with E-state index in [1.54, 1.807) is 0 Å². The lowest BCUT2D eigenvalue weighted by Gasteiger charge is -2.32. The molecule has 2 fully saturated rings. The molecule has 0 saturated carbocycles. The maximum Gasteiger partial charge on any atom is 0.122 e. The third kappa shape index (κ3) is 3.69. The van der Waals surface area contributed by atoms with E-state index >= 15 is 0 Å². The van der Waals surface area contributed by atoms with Crippen LogP contribution in [-0.2, 0) is 4.74 Å². The fourth-order valence-corrected chi connectivity index (χ4v) is 3.09. The lowest BCUT2D eigenvalue weighted by molar-refractivity contribution is 0.0253. The normalized spacial score (nSPS) is 21.5. The Hall–Kier alpha value is -1.26. The summed E-state index contributed by atoms with van der Waals surface area (Å²) in [6, 6.07) is 6.91. The number of anilines is 1. The molecule has 2 aliphatic heterocycles. The molecule has 3 rings (SSSR count). The Morgan fingerprint density at radius 2 is 1.86 bits per heavy atom. The number of hydrogen-bond donors (Lipinski definition) is 1. The van der Waals surface area contributed by atoms with Crippen molar-refractivity contribution in [3.05, 3.63) is 23.8 Å². The molecule has 1 aromatic carbocycles. The van der Waals surface area contributed by atoms with E-state index in [4.69, 9.17) is 15.2 Å². The van der Waals surface area contributed by atoms with Crippen LogP contribution in [0.1, 0.15) is 31.2 Å². The molecular weight excluding hydrogens is 264 g/mol. The lowest BCUT2D eigenvalue weighted by atomic mass is 10.0. The quantitative estimate of drug-likeness (QED) is 0.929. The summed E-state index contributed by atoms with van der Waals surface area (Å²) in [6.45, 7) is 5.88. The van der Waals surface area contributed by atoms with Gasteiger partial charge in [0.1, 0.15) is 11.9 Å². The van der Waals surface area contributed by atoms with Crippen molar-refractivity contribution in [2.75, 3.05) is 31.2 Å². The zero-order valence-corrected chi connectivity index (χ0v) is 12.9. The highest BCUT2D eigenvalue weighted by atomic mass is 16.5. The molecule has 0 aromatic heterocycles. The molecule has 0 unspecified atom stereocenters. The average Bonchev–Trinajstić information content (AvgIpc) is 2.51. The summed E-state index contributed by atoms with van der Waals surface area (Å²) >= 11 is 0. The van der Waals surface area contributed by atoms with Crippen molar-refractivity contribution >= 4 is 5.69 Å². The number of hydrogen-bond acceptors (Lipinski definition) is 4. The largest absolute Gasteiger partial charge is 0.490 e. The average molecular weight is 290 g/mol. The summed E-state index contributed by atoms with van der Waals surface area (Å²) in [7, 11) is 0. The van der Waals surface area contributed by atoms with Crippen molar-refractivity contribution in [3.8, 4) is 5.75 Å². The van der Waals surface area contributed by atoms with Gasteiger partial charge >= 0.3 is 0 Å². The van der Waals surface area contributed by atoms with E-state index in [1.165, 1.54) is 11.3 Å². The summed E-state index contributed by atoms with van der Waals surface area (Å²) in [4.78, 5) is 2.43. The van der Waals surface area contributed by atoms with Gasteiger partial charge < -0.3 is 20.1 Å². The molecule has 116 valence electrons. The molecule has 2 saturated heterocycles.